The van der Waals surface area contributed by atoms with E-state index in [9.17, 15) is 10.2 Å². The maximum absolute atomic E-state index is 9.62. The number of hydrogen-bond acceptors (Lipinski definition) is 3. The summed E-state index contributed by atoms with van der Waals surface area (Å²) >= 11 is 0. The minimum atomic E-state index is -0.586. The molecular formula is C11H23NO2. The Kier molecular flexibility index (Phi) is 4.35. The number of nitrogens with zero attached hydrogens (tertiary/aromatic N) is 1. The van der Waals surface area contributed by atoms with Gasteiger partial charge in [0.1, 0.15) is 0 Å². The van der Waals surface area contributed by atoms with Crippen LogP contribution in [-0.4, -0.2) is 46.5 Å². The van der Waals surface area contributed by atoms with Gasteiger partial charge in [-0.25, -0.2) is 0 Å². The monoisotopic (exact) mass is 201 g/mol. The van der Waals surface area contributed by atoms with Crippen LogP contribution in [0, 0.1) is 0 Å². The lowest BCUT2D eigenvalue weighted by Gasteiger charge is -2.35. The number of likely N-dealkylation sites (tertiary alicyclic amines) is 1. The Morgan fingerprint density at radius 2 is 2.07 bits per heavy atom. The molecule has 1 saturated heterocycles. The summed E-state index contributed by atoms with van der Waals surface area (Å²) in [6.07, 6.45) is 4.33. The van der Waals surface area contributed by atoms with Crippen LogP contribution >= 0.6 is 0 Å². The van der Waals surface area contributed by atoms with Crippen LogP contribution in [-0.2, 0) is 0 Å². The number of aliphatic hydroxyl groups excluding tert-OH is 1. The summed E-state index contributed by atoms with van der Waals surface area (Å²) in [6, 6.07) is 0.325. The van der Waals surface area contributed by atoms with E-state index in [2.05, 4.69) is 4.90 Å². The standard InChI is InChI=1S/C11H23NO2/c1-11(2,14)6-8-12-7-4-3-5-10(12)9-13/h10,13-14H,3-9H2,1-2H3. The van der Waals surface area contributed by atoms with E-state index in [1.54, 1.807) is 0 Å². The molecule has 0 aromatic heterocycles. The molecule has 0 amide bonds. The van der Waals surface area contributed by atoms with Crippen molar-refractivity contribution < 1.29 is 10.2 Å². The van der Waals surface area contributed by atoms with Gasteiger partial charge in [0.15, 0.2) is 0 Å². The second-order valence-corrected chi connectivity index (χ2v) is 4.93. The Bertz CT molecular complexity index is 165. The normalized spacial score (nSPS) is 25.3. The molecule has 0 spiro atoms. The fourth-order valence-electron chi connectivity index (χ4n) is 1.98. The van der Waals surface area contributed by atoms with Crippen molar-refractivity contribution in [3.8, 4) is 0 Å². The van der Waals surface area contributed by atoms with Gasteiger partial charge in [0.2, 0.25) is 0 Å². The molecule has 1 unspecified atom stereocenters. The molecule has 1 aliphatic heterocycles. The first-order valence-electron chi connectivity index (χ1n) is 5.60. The molecule has 84 valence electrons. The van der Waals surface area contributed by atoms with Crippen molar-refractivity contribution in [2.45, 2.75) is 51.2 Å². The first-order chi connectivity index (χ1) is 6.53. The molecule has 14 heavy (non-hydrogen) atoms. The molecule has 1 fully saturated rings. The highest BCUT2D eigenvalue weighted by molar-refractivity contribution is 4.78. The quantitative estimate of drug-likeness (QED) is 0.713. The predicted molar refractivity (Wildman–Crippen MR) is 57.2 cm³/mol. The number of hydrogen-bond donors (Lipinski definition) is 2. The minimum Gasteiger partial charge on any atom is -0.395 e. The predicted octanol–water partition coefficient (Wildman–Crippen LogP) is 0.994. The lowest BCUT2D eigenvalue weighted by Crippen LogP contribution is -2.43. The second-order valence-electron chi connectivity index (χ2n) is 4.93. The largest absolute Gasteiger partial charge is 0.395 e. The zero-order valence-electron chi connectivity index (χ0n) is 9.37. The fourth-order valence-corrected chi connectivity index (χ4v) is 1.98. The van der Waals surface area contributed by atoms with Gasteiger partial charge in [-0.3, -0.25) is 4.90 Å². The van der Waals surface area contributed by atoms with Crippen LogP contribution in [0.25, 0.3) is 0 Å². The zero-order valence-corrected chi connectivity index (χ0v) is 9.37. The van der Waals surface area contributed by atoms with Gasteiger partial charge in [0, 0.05) is 12.6 Å². The fraction of sp³-hybridized carbons (Fsp3) is 1.00. The van der Waals surface area contributed by atoms with Gasteiger partial charge in [0.05, 0.1) is 12.2 Å². The van der Waals surface area contributed by atoms with Gasteiger partial charge >= 0.3 is 0 Å². The molecule has 0 aromatic carbocycles. The second kappa shape index (κ2) is 5.10. The van der Waals surface area contributed by atoms with Crippen LogP contribution in [0.1, 0.15) is 39.5 Å². The van der Waals surface area contributed by atoms with Crippen LogP contribution in [0.3, 0.4) is 0 Å². The molecule has 3 heteroatoms. The Balaban J connectivity index is 2.33. The van der Waals surface area contributed by atoms with Crippen molar-refractivity contribution in [3.05, 3.63) is 0 Å². The molecule has 0 aliphatic carbocycles. The van der Waals surface area contributed by atoms with Gasteiger partial charge in [-0.15, -0.1) is 0 Å². The Labute approximate surface area is 86.7 Å². The molecule has 0 saturated carbocycles. The van der Waals surface area contributed by atoms with Crippen LogP contribution < -0.4 is 0 Å². The molecular weight excluding hydrogens is 178 g/mol. The highest BCUT2D eigenvalue weighted by atomic mass is 16.3. The molecule has 1 heterocycles. The molecule has 0 radical (unpaired) electrons. The number of piperidine rings is 1. The van der Waals surface area contributed by atoms with Gasteiger partial charge in [-0.1, -0.05) is 6.42 Å². The zero-order chi connectivity index (χ0) is 10.6. The van der Waals surface area contributed by atoms with E-state index in [1.807, 2.05) is 13.8 Å². The average molecular weight is 201 g/mol. The van der Waals surface area contributed by atoms with Crippen molar-refractivity contribution >= 4 is 0 Å². The lowest BCUT2D eigenvalue weighted by molar-refractivity contribution is 0.0329. The van der Waals surface area contributed by atoms with E-state index in [-0.39, 0.29) is 6.61 Å². The van der Waals surface area contributed by atoms with E-state index < -0.39 is 5.60 Å². The third-order valence-electron chi connectivity index (χ3n) is 2.97. The lowest BCUT2D eigenvalue weighted by atomic mass is 10.00. The first-order valence-corrected chi connectivity index (χ1v) is 5.60. The van der Waals surface area contributed by atoms with E-state index in [0.29, 0.717) is 6.04 Å². The third-order valence-corrected chi connectivity index (χ3v) is 2.97. The summed E-state index contributed by atoms with van der Waals surface area (Å²) in [6.45, 7) is 5.90. The number of aliphatic hydroxyl groups is 2. The van der Waals surface area contributed by atoms with E-state index >= 15 is 0 Å². The summed E-state index contributed by atoms with van der Waals surface area (Å²) in [5.74, 6) is 0. The van der Waals surface area contributed by atoms with Crippen molar-refractivity contribution in [3.63, 3.8) is 0 Å². The maximum Gasteiger partial charge on any atom is 0.0603 e. The molecule has 3 nitrogen and oxygen atoms in total. The van der Waals surface area contributed by atoms with Gasteiger partial charge in [-0.05, 0) is 39.7 Å². The highest BCUT2D eigenvalue weighted by Crippen LogP contribution is 2.18. The van der Waals surface area contributed by atoms with E-state index in [1.165, 1.54) is 12.8 Å². The van der Waals surface area contributed by atoms with Crippen LogP contribution in [0.4, 0.5) is 0 Å². The maximum atomic E-state index is 9.62. The summed E-state index contributed by atoms with van der Waals surface area (Å²) in [5, 5.41) is 18.8. The first kappa shape index (κ1) is 12.0. The van der Waals surface area contributed by atoms with Crippen molar-refractivity contribution in [1.82, 2.24) is 4.90 Å². The minimum absolute atomic E-state index is 0.256. The van der Waals surface area contributed by atoms with Crippen molar-refractivity contribution in [2.75, 3.05) is 19.7 Å². The molecule has 1 aliphatic rings. The number of rotatable bonds is 4. The smallest absolute Gasteiger partial charge is 0.0603 e. The van der Waals surface area contributed by atoms with Crippen LogP contribution in [0.5, 0.6) is 0 Å². The van der Waals surface area contributed by atoms with Gasteiger partial charge in [0.25, 0.3) is 0 Å². The Morgan fingerprint density at radius 3 is 2.64 bits per heavy atom. The summed E-state index contributed by atoms with van der Waals surface area (Å²) < 4.78 is 0. The summed E-state index contributed by atoms with van der Waals surface area (Å²) in [5.41, 5.74) is -0.586. The van der Waals surface area contributed by atoms with Crippen LogP contribution in [0.15, 0.2) is 0 Å². The van der Waals surface area contributed by atoms with Crippen molar-refractivity contribution in [2.24, 2.45) is 0 Å². The molecule has 0 aromatic rings. The van der Waals surface area contributed by atoms with Gasteiger partial charge < -0.3 is 10.2 Å². The molecule has 0 bridgehead atoms. The highest BCUT2D eigenvalue weighted by Gasteiger charge is 2.23. The van der Waals surface area contributed by atoms with E-state index in [4.69, 9.17) is 0 Å². The van der Waals surface area contributed by atoms with Gasteiger partial charge in [-0.2, -0.15) is 0 Å². The summed E-state index contributed by atoms with van der Waals surface area (Å²) in [4.78, 5) is 2.31. The van der Waals surface area contributed by atoms with Crippen molar-refractivity contribution in [1.29, 1.82) is 0 Å². The topological polar surface area (TPSA) is 43.7 Å². The molecule has 1 rings (SSSR count). The molecule has 1 atom stereocenters. The Hall–Kier alpha value is -0.120. The Morgan fingerprint density at radius 1 is 1.36 bits per heavy atom. The SMILES string of the molecule is CC(C)(O)CCN1CCCCC1CO. The average Bonchev–Trinajstić information content (AvgIpc) is 2.14. The van der Waals surface area contributed by atoms with Crippen LogP contribution in [0.2, 0.25) is 0 Å². The summed E-state index contributed by atoms with van der Waals surface area (Å²) in [7, 11) is 0. The molecule has 2 N–H and O–H groups in total. The van der Waals surface area contributed by atoms with E-state index in [0.717, 1.165) is 25.9 Å². The third kappa shape index (κ3) is 3.95.